The molecule has 0 radical (unpaired) electrons. The lowest BCUT2D eigenvalue weighted by molar-refractivity contribution is -0.133. The average molecular weight is 235 g/mol. The Labute approximate surface area is 95.7 Å². The molecule has 0 saturated heterocycles. The Morgan fingerprint density at radius 1 is 1.31 bits per heavy atom. The number of rotatable bonds is 3. The summed E-state index contributed by atoms with van der Waals surface area (Å²) in [5, 5.41) is 9.16. The van der Waals surface area contributed by atoms with E-state index in [1.165, 1.54) is 0 Å². The molecular weight excluding hydrogens is 226 g/mol. The molecule has 2 N–H and O–H groups in total. The zero-order valence-electron chi connectivity index (χ0n) is 8.27. The molecule has 0 aliphatic rings. The van der Waals surface area contributed by atoms with E-state index in [9.17, 15) is 9.59 Å². The number of carboxylic acid groups (broad SMARTS) is 1. The van der Waals surface area contributed by atoms with Gasteiger partial charge in [0.2, 0.25) is 5.12 Å². The first-order valence-corrected chi connectivity index (χ1v) is 5.62. The normalized spacial score (nSPS) is 10.5. The zero-order valence-corrected chi connectivity index (χ0v) is 9.08. The van der Waals surface area contributed by atoms with Gasteiger partial charge in [-0.2, -0.15) is 0 Å². The third kappa shape index (κ3) is 2.25. The number of carbonyl (C=O) groups is 2. The van der Waals surface area contributed by atoms with Gasteiger partial charge in [0.05, 0.1) is 11.4 Å². The van der Waals surface area contributed by atoms with E-state index in [1.54, 1.807) is 6.07 Å². The lowest BCUT2D eigenvalue weighted by atomic mass is 10.2. The third-order valence-corrected chi connectivity index (χ3v) is 2.95. The number of aliphatic carboxylic acids is 1. The Morgan fingerprint density at radius 2 is 2.06 bits per heavy atom. The van der Waals surface area contributed by atoms with Gasteiger partial charge in [-0.25, -0.2) is 0 Å². The number of para-hydroxylation sites is 1. The predicted octanol–water partition coefficient (Wildman–Crippen LogP) is 2.13. The molecule has 0 amide bonds. The Kier molecular flexibility index (Phi) is 2.96. The highest BCUT2D eigenvalue weighted by atomic mass is 32.2. The molecule has 5 heteroatoms. The van der Waals surface area contributed by atoms with Crippen molar-refractivity contribution in [1.29, 1.82) is 0 Å². The van der Waals surface area contributed by atoms with Gasteiger partial charge in [-0.1, -0.05) is 30.0 Å². The standard InChI is InChI=1S/C11H9NO3S/c13-10(14)6-16-11(15)9-5-7-3-1-2-4-8(7)12-9/h1-5,12H,6H2,(H,13,14). The first-order valence-electron chi connectivity index (χ1n) is 4.63. The summed E-state index contributed by atoms with van der Waals surface area (Å²) in [4.78, 5) is 24.9. The number of hydrogen-bond donors (Lipinski definition) is 2. The van der Waals surface area contributed by atoms with Crippen molar-refractivity contribution < 1.29 is 14.7 Å². The number of aromatic amines is 1. The Morgan fingerprint density at radius 3 is 2.75 bits per heavy atom. The minimum Gasteiger partial charge on any atom is -0.481 e. The van der Waals surface area contributed by atoms with Crippen LogP contribution >= 0.6 is 11.8 Å². The molecule has 1 aromatic carbocycles. The number of nitrogens with one attached hydrogen (secondary N) is 1. The summed E-state index contributed by atoms with van der Waals surface area (Å²) in [5.41, 5.74) is 1.31. The van der Waals surface area contributed by atoms with Crippen LogP contribution < -0.4 is 0 Å². The van der Waals surface area contributed by atoms with E-state index >= 15 is 0 Å². The minimum absolute atomic E-state index is 0.214. The molecular formula is C11H9NO3S. The second-order valence-corrected chi connectivity index (χ2v) is 4.19. The van der Waals surface area contributed by atoms with Crippen LogP contribution in [0.3, 0.4) is 0 Å². The number of carbonyl (C=O) groups excluding carboxylic acids is 1. The van der Waals surface area contributed by atoms with Gasteiger partial charge in [0, 0.05) is 10.9 Å². The maximum Gasteiger partial charge on any atom is 0.313 e. The van der Waals surface area contributed by atoms with Gasteiger partial charge in [-0.15, -0.1) is 0 Å². The van der Waals surface area contributed by atoms with Crippen molar-refractivity contribution >= 4 is 33.7 Å². The molecule has 2 rings (SSSR count). The van der Waals surface area contributed by atoms with Gasteiger partial charge in [-0.3, -0.25) is 9.59 Å². The topological polar surface area (TPSA) is 70.2 Å². The van der Waals surface area contributed by atoms with Crippen LogP contribution in [0, 0.1) is 0 Å². The van der Waals surface area contributed by atoms with Crippen LogP contribution in [0.4, 0.5) is 0 Å². The van der Waals surface area contributed by atoms with Crippen LogP contribution in [0.15, 0.2) is 30.3 Å². The van der Waals surface area contributed by atoms with E-state index in [-0.39, 0.29) is 10.9 Å². The van der Waals surface area contributed by atoms with Gasteiger partial charge >= 0.3 is 5.97 Å². The van der Waals surface area contributed by atoms with E-state index in [0.717, 1.165) is 22.7 Å². The lowest BCUT2D eigenvalue weighted by Gasteiger charge is -1.93. The highest BCUT2D eigenvalue weighted by molar-refractivity contribution is 8.14. The maximum atomic E-state index is 11.6. The molecule has 4 nitrogen and oxygen atoms in total. The molecule has 0 aliphatic heterocycles. The largest absolute Gasteiger partial charge is 0.481 e. The van der Waals surface area contributed by atoms with Crippen molar-refractivity contribution in [3.8, 4) is 0 Å². The minimum atomic E-state index is -0.991. The number of thioether (sulfide) groups is 1. The van der Waals surface area contributed by atoms with E-state index in [0.29, 0.717) is 5.69 Å². The second-order valence-electron chi connectivity index (χ2n) is 3.24. The van der Waals surface area contributed by atoms with Crippen LogP contribution in [0.25, 0.3) is 10.9 Å². The third-order valence-electron chi connectivity index (χ3n) is 2.08. The highest BCUT2D eigenvalue weighted by Gasteiger charge is 2.11. The SMILES string of the molecule is O=C(O)CSC(=O)c1cc2ccccc2[nH]1. The van der Waals surface area contributed by atoms with Crippen LogP contribution in [0.1, 0.15) is 10.5 Å². The van der Waals surface area contributed by atoms with Crippen LogP contribution in [-0.4, -0.2) is 26.9 Å². The van der Waals surface area contributed by atoms with Crippen LogP contribution in [0.5, 0.6) is 0 Å². The van der Waals surface area contributed by atoms with Crippen molar-refractivity contribution in [2.24, 2.45) is 0 Å². The monoisotopic (exact) mass is 235 g/mol. The number of hydrogen-bond acceptors (Lipinski definition) is 3. The fraction of sp³-hybridized carbons (Fsp3) is 0.0909. The average Bonchev–Trinajstić information content (AvgIpc) is 2.69. The summed E-state index contributed by atoms with van der Waals surface area (Å²) >= 11 is 0.783. The molecule has 1 aromatic heterocycles. The summed E-state index contributed by atoms with van der Waals surface area (Å²) in [5.74, 6) is -1.21. The van der Waals surface area contributed by atoms with Gasteiger partial charge in [-0.05, 0) is 12.1 Å². The zero-order chi connectivity index (χ0) is 11.5. The summed E-state index contributed by atoms with van der Waals surface area (Å²) in [7, 11) is 0. The first kappa shape index (κ1) is 10.8. The number of benzene rings is 1. The molecule has 2 aromatic rings. The van der Waals surface area contributed by atoms with Gasteiger partial charge in [0.15, 0.2) is 0 Å². The molecule has 0 bridgehead atoms. The van der Waals surface area contributed by atoms with Crippen LogP contribution in [-0.2, 0) is 4.79 Å². The molecule has 0 aliphatic carbocycles. The predicted molar refractivity (Wildman–Crippen MR) is 62.7 cm³/mol. The quantitative estimate of drug-likeness (QED) is 0.855. The highest BCUT2D eigenvalue weighted by Crippen LogP contribution is 2.18. The number of aromatic nitrogens is 1. The summed E-state index contributed by atoms with van der Waals surface area (Å²) in [6.07, 6.45) is 0. The molecule has 0 unspecified atom stereocenters. The van der Waals surface area contributed by atoms with Crippen molar-refractivity contribution in [3.63, 3.8) is 0 Å². The number of carboxylic acids is 1. The fourth-order valence-electron chi connectivity index (χ4n) is 1.39. The Hall–Kier alpha value is -1.75. The van der Waals surface area contributed by atoms with Crippen LogP contribution in [0.2, 0.25) is 0 Å². The number of fused-ring (bicyclic) bond motifs is 1. The first-order chi connectivity index (χ1) is 7.66. The van der Waals surface area contributed by atoms with Gasteiger partial charge in [0.1, 0.15) is 0 Å². The van der Waals surface area contributed by atoms with Gasteiger partial charge < -0.3 is 10.1 Å². The molecule has 0 atom stereocenters. The smallest absolute Gasteiger partial charge is 0.313 e. The Bertz CT molecular complexity index is 514. The summed E-state index contributed by atoms with van der Waals surface area (Å²) in [6, 6.07) is 9.25. The Balaban J connectivity index is 2.20. The molecule has 16 heavy (non-hydrogen) atoms. The van der Waals surface area contributed by atoms with Crippen molar-refractivity contribution in [2.45, 2.75) is 0 Å². The van der Waals surface area contributed by atoms with E-state index < -0.39 is 5.97 Å². The van der Waals surface area contributed by atoms with E-state index in [4.69, 9.17) is 5.11 Å². The lowest BCUT2D eigenvalue weighted by Crippen LogP contribution is -2.03. The molecule has 1 heterocycles. The van der Waals surface area contributed by atoms with Crippen molar-refractivity contribution in [1.82, 2.24) is 4.98 Å². The summed E-state index contributed by atoms with van der Waals surface area (Å²) < 4.78 is 0. The van der Waals surface area contributed by atoms with Gasteiger partial charge in [0.25, 0.3) is 0 Å². The van der Waals surface area contributed by atoms with Crippen molar-refractivity contribution in [3.05, 3.63) is 36.0 Å². The number of H-pyrrole nitrogens is 1. The van der Waals surface area contributed by atoms with Crippen molar-refractivity contribution in [2.75, 3.05) is 5.75 Å². The summed E-state index contributed by atoms with van der Waals surface area (Å²) in [6.45, 7) is 0. The second kappa shape index (κ2) is 4.40. The fourth-order valence-corrected chi connectivity index (χ4v) is 1.91. The van der Waals surface area contributed by atoms with E-state index in [1.807, 2.05) is 24.3 Å². The molecule has 0 fully saturated rings. The maximum absolute atomic E-state index is 11.6. The molecule has 0 spiro atoms. The molecule has 0 saturated carbocycles. The van der Waals surface area contributed by atoms with E-state index in [2.05, 4.69) is 4.98 Å². The molecule has 82 valence electrons.